The Kier molecular flexibility index (Phi) is 5.46. The van der Waals surface area contributed by atoms with Gasteiger partial charge in [-0.1, -0.05) is 5.10 Å². The van der Waals surface area contributed by atoms with Crippen molar-refractivity contribution in [2.24, 2.45) is 0 Å². The Morgan fingerprint density at radius 2 is 2.22 bits per heavy atom. The maximum Gasteiger partial charge on any atom is 0.303 e. The third-order valence-corrected chi connectivity index (χ3v) is 2.59. The average Bonchev–Trinajstić information content (AvgIpc) is 2.73. The van der Waals surface area contributed by atoms with E-state index in [1.807, 2.05) is 0 Å². The second-order valence-electron chi connectivity index (χ2n) is 3.24. The average molecular weight is 275 g/mol. The second-order valence-corrected chi connectivity index (χ2v) is 4.18. The summed E-state index contributed by atoms with van der Waals surface area (Å²) in [5.41, 5.74) is 0. The van der Waals surface area contributed by atoms with Gasteiger partial charge in [-0.15, -0.1) is 5.10 Å². The first kappa shape index (κ1) is 14.3. The van der Waals surface area contributed by atoms with Crippen LogP contribution in [0.3, 0.4) is 0 Å². The molecule has 3 N–H and O–H groups in total. The number of anilines is 1. The van der Waals surface area contributed by atoms with E-state index >= 15 is 0 Å². The fraction of sp³-hybridized carbons (Fsp3) is 0.556. The number of aliphatic hydroxyl groups excluding tert-OH is 1. The number of nitrogens with zero attached hydrogens (tertiary/aromatic N) is 2. The lowest BCUT2D eigenvalue weighted by Gasteiger charge is -2.07. The molecule has 0 saturated heterocycles. The van der Waals surface area contributed by atoms with E-state index in [4.69, 9.17) is 9.84 Å². The first-order valence-electron chi connectivity index (χ1n) is 5.20. The van der Waals surface area contributed by atoms with Gasteiger partial charge in [0.05, 0.1) is 6.61 Å². The van der Waals surface area contributed by atoms with Gasteiger partial charge >= 0.3 is 5.97 Å². The van der Waals surface area contributed by atoms with Crippen LogP contribution in [0.1, 0.15) is 19.8 Å². The Labute approximate surface area is 107 Å². The molecule has 0 bridgehead atoms. The normalized spacial score (nSPS) is 11.9. The number of nitrogens with one attached hydrogen (secondary N) is 1. The maximum atomic E-state index is 11.4. The molecule has 0 spiro atoms. The number of aromatic nitrogens is 2. The Hall–Kier alpha value is -1.74. The molecule has 1 rings (SSSR count). The summed E-state index contributed by atoms with van der Waals surface area (Å²) in [7, 11) is 0. The Bertz CT molecular complexity index is 422. The Morgan fingerprint density at radius 3 is 2.83 bits per heavy atom. The van der Waals surface area contributed by atoms with Crippen molar-refractivity contribution < 1.29 is 24.5 Å². The number of hydrogen-bond donors (Lipinski definition) is 3. The van der Waals surface area contributed by atoms with E-state index in [1.165, 1.54) is 0 Å². The second kappa shape index (κ2) is 6.87. The first-order valence-corrected chi connectivity index (χ1v) is 6.01. The SMILES string of the molecule is CCOc1nnc(NC(=O)[C@@H](O)CCC(=O)O)s1. The number of aliphatic carboxylic acids is 1. The van der Waals surface area contributed by atoms with Crippen molar-refractivity contribution in [1.82, 2.24) is 10.2 Å². The highest BCUT2D eigenvalue weighted by Gasteiger charge is 2.18. The lowest BCUT2D eigenvalue weighted by molar-refractivity contribution is -0.138. The van der Waals surface area contributed by atoms with Crippen LogP contribution in [-0.2, 0) is 9.59 Å². The number of carbonyl (C=O) groups excluding carboxylic acids is 1. The first-order chi connectivity index (χ1) is 8.52. The third kappa shape index (κ3) is 4.63. The largest absolute Gasteiger partial charge is 0.481 e. The number of amides is 1. The predicted molar refractivity (Wildman–Crippen MR) is 62.6 cm³/mol. The molecule has 1 aromatic rings. The van der Waals surface area contributed by atoms with Crippen LogP contribution in [0.15, 0.2) is 0 Å². The molecular weight excluding hydrogens is 262 g/mol. The van der Waals surface area contributed by atoms with Crippen LogP contribution in [0.5, 0.6) is 5.19 Å². The van der Waals surface area contributed by atoms with Gasteiger partial charge in [0.2, 0.25) is 5.13 Å². The van der Waals surface area contributed by atoms with Crippen LogP contribution in [-0.4, -0.2) is 45.0 Å². The maximum absolute atomic E-state index is 11.4. The predicted octanol–water partition coefficient (Wildman–Crippen LogP) is 0.101. The van der Waals surface area contributed by atoms with E-state index in [1.54, 1.807) is 6.92 Å². The smallest absolute Gasteiger partial charge is 0.303 e. The number of hydrogen-bond acceptors (Lipinski definition) is 7. The summed E-state index contributed by atoms with van der Waals surface area (Å²) in [5, 5.41) is 27.9. The molecule has 0 saturated carbocycles. The van der Waals surface area contributed by atoms with E-state index in [9.17, 15) is 14.7 Å². The molecule has 8 nitrogen and oxygen atoms in total. The summed E-state index contributed by atoms with van der Waals surface area (Å²) in [5.74, 6) is -1.79. The molecule has 0 aliphatic carbocycles. The molecule has 9 heteroatoms. The lowest BCUT2D eigenvalue weighted by Crippen LogP contribution is -2.28. The van der Waals surface area contributed by atoms with Crippen LogP contribution in [0.4, 0.5) is 5.13 Å². The molecule has 0 aliphatic heterocycles. The van der Waals surface area contributed by atoms with Gasteiger partial charge in [0.25, 0.3) is 11.1 Å². The topological polar surface area (TPSA) is 122 Å². The molecule has 1 heterocycles. The number of carboxylic acid groups (broad SMARTS) is 1. The molecule has 18 heavy (non-hydrogen) atoms. The van der Waals surface area contributed by atoms with Crippen molar-refractivity contribution in [2.45, 2.75) is 25.9 Å². The zero-order chi connectivity index (χ0) is 13.5. The van der Waals surface area contributed by atoms with Gasteiger partial charge in [-0.2, -0.15) is 0 Å². The van der Waals surface area contributed by atoms with Gasteiger partial charge in [-0.3, -0.25) is 14.9 Å². The zero-order valence-electron chi connectivity index (χ0n) is 9.62. The molecule has 0 aromatic carbocycles. The summed E-state index contributed by atoms with van der Waals surface area (Å²) in [4.78, 5) is 21.7. The van der Waals surface area contributed by atoms with Gasteiger partial charge in [-0.25, -0.2) is 0 Å². The van der Waals surface area contributed by atoms with E-state index in [-0.39, 0.29) is 18.0 Å². The molecule has 0 unspecified atom stereocenters. The quantitative estimate of drug-likeness (QED) is 0.645. The highest BCUT2D eigenvalue weighted by Crippen LogP contribution is 2.22. The number of aliphatic hydroxyl groups is 1. The van der Waals surface area contributed by atoms with E-state index in [0.717, 1.165) is 11.3 Å². The van der Waals surface area contributed by atoms with Crippen LogP contribution in [0, 0.1) is 0 Å². The van der Waals surface area contributed by atoms with Crippen LogP contribution >= 0.6 is 11.3 Å². The molecule has 0 aliphatic rings. The van der Waals surface area contributed by atoms with Crippen LogP contribution < -0.4 is 10.1 Å². The van der Waals surface area contributed by atoms with Crippen molar-refractivity contribution in [1.29, 1.82) is 0 Å². The van der Waals surface area contributed by atoms with Gasteiger partial charge in [0.15, 0.2) is 0 Å². The summed E-state index contributed by atoms with van der Waals surface area (Å²) >= 11 is 1.02. The van der Waals surface area contributed by atoms with Crippen molar-refractivity contribution in [3.8, 4) is 5.19 Å². The molecular formula is C9H13N3O5S. The Balaban J connectivity index is 2.44. The third-order valence-electron chi connectivity index (χ3n) is 1.84. The molecule has 100 valence electrons. The highest BCUT2D eigenvalue weighted by molar-refractivity contribution is 7.17. The minimum atomic E-state index is -1.39. The van der Waals surface area contributed by atoms with Gasteiger partial charge in [0.1, 0.15) is 6.10 Å². The zero-order valence-corrected chi connectivity index (χ0v) is 10.4. The van der Waals surface area contributed by atoms with Crippen molar-refractivity contribution in [3.05, 3.63) is 0 Å². The van der Waals surface area contributed by atoms with E-state index < -0.39 is 18.0 Å². The minimum Gasteiger partial charge on any atom is -0.481 e. The van der Waals surface area contributed by atoms with Gasteiger partial charge in [-0.05, 0) is 24.7 Å². The summed E-state index contributed by atoms with van der Waals surface area (Å²) in [6.45, 7) is 2.22. The Morgan fingerprint density at radius 1 is 1.50 bits per heavy atom. The van der Waals surface area contributed by atoms with E-state index in [2.05, 4.69) is 15.5 Å². The number of carbonyl (C=O) groups is 2. The van der Waals surface area contributed by atoms with Crippen molar-refractivity contribution in [3.63, 3.8) is 0 Å². The number of carboxylic acids is 1. The number of rotatable bonds is 7. The number of ether oxygens (including phenoxy) is 1. The molecule has 1 aromatic heterocycles. The fourth-order valence-electron chi connectivity index (χ4n) is 1.02. The van der Waals surface area contributed by atoms with E-state index in [0.29, 0.717) is 11.8 Å². The molecule has 1 amide bonds. The standard InChI is InChI=1S/C9H13N3O5S/c1-2-17-9-12-11-8(18-9)10-7(16)5(13)3-4-6(14)15/h5,13H,2-4H2,1H3,(H,14,15)(H,10,11,16)/t5-/m0/s1. The summed E-state index contributed by atoms with van der Waals surface area (Å²) < 4.78 is 5.06. The van der Waals surface area contributed by atoms with Gasteiger partial charge < -0.3 is 14.9 Å². The minimum absolute atomic E-state index is 0.154. The highest BCUT2D eigenvalue weighted by atomic mass is 32.1. The molecule has 0 fully saturated rings. The lowest BCUT2D eigenvalue weighted by atomic mass is 10.2. The molecule has 1 atom stereocenters. The fourth-order valence-corrected chi connectivity index (χ4v) is 1.68. The van der Waals surface area contributed by atoms with Crippen LogP contribution in [0.2, 0.25) is 0 Å². The molecule has 0 radical (unpaired) electrons. The van der Waals surface area contributed by atoms with Crippen molar-refractivity contribution in [2.75, 3.05) is 11.9 Å². The van der Waals surface area contributed by atoms with Crippen molar-refractivity contribution >= 4 is 28.3 Å². The summed E-state index contributed by atoms with van der Waals surface area (Å²) in [6, 6.07) is 0. The monoisotopic (exact) mass is 275 g/mol. The van der Waals surface area contributed by atoms with Gasteiger partial charge in [0, 0.05) is 6.42 Å². The van der Waals surface area contributed by atoms with Crippen LogP contribution in [0.25, 0.3) is 0 Å². The summed E-state index contributed by atoms with van der Waals surface area (Å²) in [6.07, 6.45) is -1.83.